The van der Waals surface area contributed by atoms with Crippen LogP contribution in [0.2, 0.25) is 0 Å². The highest BCUT2D eigenvalue weighted by atomic mass is 79.9. The molecule has 8 heteroatoms. The molecule has 0 unspecified atom stereocenters. The number of halogens is 1. The lowest BCUT2D eigenvalue weighted by molar-refractivity contribution is -0.145. The highest BCUT2D eigenvalue weighted by Crippen LogP contribution is 2.26. The Morgan fingerprint density at radius 3 is 2.61 bits per heavy atom. The maximum absolute atomic E-state index is 13.2. The van der Waals surface area contributed by atoms with Gasteiger partial charge < -0.3 is 9.47 Å². The molecule has 7 nitrogen and oxygen atoms in total. The number of rotatable bonds is 7. The Balaban J connectivity index is 1.68. The van der Waals surface area contributed by atoms with E-state index in [1.807, 2.05) is 42.5 Å². The normalized spacial score (nSPS) is 11.1. The number of benzene rings is 3. The maximum atomic E-state index is 13.2. The lowest BCUT2D eigenvalue weighted by Crippen LogP contribution is -2.20. The zero-order valence-corrected chi connectivity index (χ0v) is 19.4. The van der Waals surface area contributed by atoms with Crippen LogP contribution < -0.4 is 10.3 Å². The van der Waals surface area contributed by atoms with Crippen molar-refractivity contribution < 1.29 is 14.3 Å². The van der Waals surface area contributed by atoms with E-state index in [0.29, 0.717) is 33.6 Å². The van der Waals surface area contributed by atoms with Crippen LogP contribution in [0.4, 0.5) is 0 Å². The van der Waals surface area contributed by atoms with Gasteiger partial charge in [0.15, 0.2) is 12.4 Å². The molecule has 1 heterocycles. The van der Waals surface area contributed by atoms with E-state index in [2.05, 4.69) is 26.0 Å². The summed E-state index contributed by atoms with van der Waals surface area (Å²) in [5.74, 6) is 0.505. The first kappa shape index (κ1) is 22.4. The second-order valence-corrected chi connectivity index (χ2v) is 7.82. The van der Waals surface area contributed by atoms with E-state index in [1.54, 1.807) is 43.5 Å². The number of para-hydroxylation sites is 1. The summed E-state index contributed by atoms with van der Waals surface area (Å²) in [4.78, 5) is 29.4. The van der Waals surface area contributed by atoms with Crippen molar-refractivity contribution >= 4 is 39.0 Å². The molecule has 0 saturated carbocycles. The third-order valence-electron chi connectivity index (χ3n) is 4.71. The van der Waals surface area contributed by atoms with Crippen molar-refractivity contribution in [3.8, 4) is 17.1 Å². The molecule has 0 atom stereocenters. The first-order valence-corrected chi connectivity index (χ1v) is 11.1. The molecule has 0 amide bonds. The number of nitrogens with zero attached hydrogens (tertiary/aromatic N) is 3. The minimum atomic E-state index is -0.438. The van der Waals surface area contributed by atoms with Gasteiger partial charge in [-0.1, -0.05) is 42.5 Å². The lowest BCUT2D eigenvalue weighted by Gasteiger charge is -2.10. The standard InChI is InChI=1S/C25H20BrN3O4/c1-2-32-23(30)16-33-22-13-12-17(14-20(22)26)15-27-29-24(18-8-4-3-5-9-18)28-21-11-7-6-10-19(21)25(29)31/h3-15H,2,16H2,1H3. The molecule has 1 aromatic heterocycles. The van der Waals surface area contributed by atoms with Crippen LogP contribution in [0.3, 0.4) is 0 Å². The van der Waals surface area contributed by atoms with Crippen LogP contribution in [-0.2, 0) is 9.53 Å². The smallest absolute Gasteiger partial charge is 0.344 e. The lowest BCUT2D eigenvalue weighted by atomic mass is 10.2. The first-order valence-electron chi connectivity index (χ1n) is 10.3. The minimum Gasteiger partial charge on any atom is -0.481 e. The molecule has 0 aliphatic rings. The fourth-order valence-corrected chi connectivity index (χ4v) is 3.69. The second-order valence-electron chi connectivity index (χ2n) is 6.96. The molecule has 0 aliphatic carbocycles. The Morgan fingerprint density at radius 1 is 1.09 bits per heavy atom. The molecule has 3 aromatic carbocycles. The van der Waals surface area contributed by atoms with Crippen LogP contribution in [0, 0.1) is 0 Å². The molecule has 0 aliphatic heterocycles. The summed E-state index contributed by atoms with van der Waals surface area (Å²) in [7, 11) is 0. The van der Waals surface area contributed by atoms with E-state index in [1.165, 1.54) is 4.68 Å². The minimum absolute atomic E-state index is 0.182. The predicted molar refractivity (Wildman–Crippen MR) is 131 cm³/mol. The summed E-state index contributed by atoms with van der Waals surface area (Å²) < 4.78 is 12.3. The highest BCUT2D eigenvalue weighted by Gasteiger charge is 2.12. The van der Waals surface area contributed by atoms with Crippen molar-refractivity contribution in [3.63, 3.8) is 0 Å². The van der Waals surface area contributed by atoms with E-state index >= 15 is 0 Å². The number of carbonyl (C=O) groups is 1. The number of ether oxygens (including phenoxy) is 2. The van der Waals surface area contributed by atoms with Gasteiger partial charge in [0.05, 0.1) is 28.2 Å². The summed E-state index contributed by atoms with van der Waals surface area (Å²) >= 11 is 3.44. The van der Waals surface area contributed by atoms with Crippen molar-refractivity contribution in [1.29, 1.82) is 0 Å². The van der Waals surface area contributed by atoms with Gasteiger partial charge in [-0.25, -0.2) is 9.78 Å². The predicted octanol–water partition coefficient (Wildman–Crippen LogP) is 4.65. The second kappa shape index (κ2) is 10.2. The van der Waals surface area contributed by atoms with Crippen LogP contribution in [0.1, 0.15) is 12.5 Å². The fraction of sp³-hybridized carbons (Fsp3) is 0.120. The molecule has 0 radical (unpaired) electrons. The molecule has 0 fully saturated rings. The Morgan fingerprint density at radius 2 is 1.85 bits per heavy atom. The molecule has 166 valence electrons. The van der Waals surface area contributed by atoms with Gasteiger partial charge >= 0.3 is 5.97 Å². The van der Waals surface area contributed by atoms with Gasteiger partial charge in [0, 0.05) is 5.56 Å². The van der Waals surface area contributed by atoms with Gasteiger partial charge in [-0.05, 0) is 58.7 Å². The van der Waals surface area contributed by atoms with Gasteiger partial charge in [0.2, 0.25) is 0 Å². The third-order valence-corrected chi connectivity index (χ3v) is 5.33. The molecule has 0 spiro atoms. The monoisotopic (exact) mass is 505 g/mol. The first-order chi connectivity index (χ1) is 16.1. The zero-order chi connectivity index (χ0) is 23.2. The number of esters is 1. The molecule has 0 saturated heterocycles. The van der Waals surface area contributed by atoms with E-state index in [0.717, 1.165) is 11.1 Å². The molecule has 4 aromatic rings. The van der Waals surface area contributed by atoms with Crippen molar-refractivity contribution in [2.75, 3.05) is 13.2 Å². The highest BCUT2D eigenvalue weighted by molar-refractivity contribution is 9.10. The summed E-state index contributed by atoms with van der Waals surface area (Å²) in [6.45, 7) is 1.85. The topological polar surface area (TPSA) is 82.8 Å². The average Bonchev–Trinajstić information content (AvgIpc) is 2.83. The van der Waals surface area contributed by atoms with Gasteiger partial charge in [-0.15, -0.1) is 0 Å². The number of fused-ring (bicyclic) bond motifs is 1. The SMILES string of the molecule is CCOC(=O)COc1ccc(C=Nn2c(-c3ccccc3)nc3ccccc3c2=O)cc1Br. The Labute approximate surface area is 198 Å². The molecule has 33 heavy (non-hydrogen) atoms. The number of aromatic nitrogens is 2. The third kappa shape index (κ3) is 5.18. The van der Waals surface area contributed by atoms with Crippen LogP contribution in [0.15, 0.2) is 87.2 Å². The fourth-order valence-electron chi connectivity index (χ4n) is 3.18. The van der Waals surface area contributed by atoms with E-state index in [4.69, 9.17) is 9.47 Å². The van der Waals surface area contributed by atoms with Crippen LogP contribution in [-0.4, -0.2) is 35.1 Å². The summed E-state index contributed by atoms with van der Waals surface area (Å²) in [6, 6.07) is 21.9. The van der Waals surface area contributed by atoms with Gasteiger partial charge in [-0.2, -0.15) is 9.78 Å². The number of carbonyl (C=O) groups excluding carboxylic acids is 1. The summed E-state index contributed by atoms with van der Waals surface area (Å²) in [5.41, 5.74) is 1.86. The average molecular weight is 506 g/mol. The Hall–Kier alpha value is -3.78. The van der Waals surface area contributed by atoms with Crippen LogP contribution in [0.5, 0.6) is 5.75 Å². The van der Waals surface area contributed by atoms with Crippen molar-refractivity contribution in [3.05, 3.63) is 93.2 Å². The molecule has 0 N–H and O–H groups in total. The summed E-state index contributed by atoms with van der Waals surface area (Å²) in [5, 5.41) is 4.94. The van der Waals surface area contributed by atoms with Gasteiger partial charge in [0.25, 0.3) is 5.56 Å². The van der Waals surface area contributed by atoms with E-state index < -0.39 is 5.97 Å². The van der Waals surface area contributed by atoms with Gasteiger partial charge in [0.1, 0.15) is 5.75 Å². The largest absolute Gasteiger partial charge is 0.481 e. The number of hydrogen-bond donors (Lipinski definition) is 0. The number of hydrogen-bond acceptors (Lipinski definition) is 6. The molecular formula is C25H20BrN3O4. The van der Waals surface area contributed by atoms with Crippen molar-refractivity contribution in [2.45, 2.75) is 6.92 Å². The van der Waals surface area contributed by atoms with Crippen molar-refractivity contribution in [2.24, 2.45) is 5.10 Å². The maximum Gasteiger partial charge on any atom is 0.344 e. The Bertz CT molecular complexity index is 1380. The Kier molecular flexibility index (Phi) is 6.95. The van der Waals surface area contributed by atoms with E-state index in [-0.39, 0.29) is 12.2 Å². The molecule has 0 bridgehead atoms. The van der Waals surface area contributed by atoms with Crippen LogP contribution in [0.25, 0.3) is 22.3 Å². The van der Waals surface area contributed by atoms with E-state index in [9.17, 15) is 9.59 Å². The molecular weight excluding hydrogens is 486 g/mol. The van der Waals surface area contributed by atoms with Crippen molar-refractivity contribution in [1.82, 2.24) is 9.66 Å². The zero-order valence-electron chi connectivity index (χ0n) is 17.8. The quantitative estimate of drug-likeness (QED) is 0.269. The molecule has 4 rings (SSSR count). The van der Waals surface area contributed by atoms with Gasteiger partial charge in [-0.3, -0.25) is 4.79 Å². The van der Waals surface area contributed by atoms with Crippen LogP contribution >= 0.6 is 15.9 Å². The summed E-state index contributed by atoms with van der Waals surface area (Å²) in [6.07, 6.45) is 1.57.